The average molecular weight is 290 g/mol. The zero-order valence-corrected chi connectivity index (χ0v) is 13.6. The zero-order chi connectivity index (χ0) is 14.5. The SMILES string of the molecule is CC(C)C(C)(C)CNS(=O)(=O)CCC1CCNCC1. The van der Waals surface area contributed by atoms with Crippen molar-refractivity contribution >= 4 is 10.0 Å². The van der Waals surface area contributed by atoms with E-state index in [-0.39, 0.29) is 11.2 Å². The van der Waals surface area contributed by atoms with Gasteiger partial charge in [-0.25, -0.2) is 13.1 Å². The van der Waals surface area contributed by atoms with Crippen molar-refractivity contribution < 1.29 is 8.42 Å². The predicted molar refractivity (Wildman–Crippen MR) is 80.6 cm³/mol. The Bertz CT molecular complexity index is 358. The molecule has 0 unspecified atom stereocenters. The first-order chi connectivity index (χ1) is 8.73. The molecule has 0 amide bonds. The summed E-state index contributed by atoms with van der Waals surface area (Å²) in [5, 5.41) is 3.30. The highest BCUT2D eigenvalue weighted by molar-refractivity contribution is 7.89. The maximum absolute atomic E-state index is 12.0. The van der Waals surface area contributed by atoms with E-state index in [1.165, 1.54) is 0 Å². The molecule has 1 heterocycles. The van der Waals surface area contributed by atoms with E-state index in [0.29, 0.717) is 18.4 Å². The molecule has 0 spiro atoms. The molecule has 0 bridgehead atoms. The molecular weight excluding hydrogens is 260 g/mol. The standard InChI is InChI=1S/C14H30N2O2S/c1-12(2)14(3,4)11-16-19(17,18)10-7-13-5-8-15-9-6-13/h12-13,15-16H,5-11H2,1-4H3. The fourth-order valence-corrected chi connectivity index (χ4v) is 3.44. The second-order valence-corrected chi connectivity index (χ2v) is 8.69. The lowest BCUT2D eigenvalue weighted by atomic mass is 9.81. The van der Waals surface area contributed by atoms with E-state index in [2.05, 4.69) is 37.7 Å². The van der Waals surface area contributed by atoms with E-state index < -0.39 is 10.0 Å². The van der Waals surface area contributed by atoms with Crippen LogP contribution in [0.1, 0.15) is 47.0 Å². The minimum atomic E-state index is -3.12. The summed E-state index contributed by atoms with van der Waals surface area (Å²) >= 11 is 0. The van der Waals surface area contributed by atoms with Crippen molar-refractivity contribution in [2.75, 3.05) is 25.4 Å². The summed E-state index contributed by atoms with van der Waals surface area (Å²) in [6, 6.07) is 0. The van der Waals surface area contributed by atoms with Gasteiger partial charge in [0, 0.05) is 6.54 Å². The minimum absolute atomic E-state index is 0.00181. The van der Waals surface area contributed by atoms with Gasteiger partial charge in [0.1, 0.15) is 0 Å². The Kier molecular flexibility index (Phi) is 6.27. The van der Waals surface area contributed by atoms with Crippen LogP contribution in [0.25, 0.3) is 0 Å². The van der Waals surface area contributed by atoms with Crippen molar-refractivity contribution in [1.29, 1.82) is 0 Å². The molecule has 0 atom stereocenters. The van der Waals surface area contributed by atoms with Crippen LogP contribution in [0.2, 0.25) is 0 Å². The lowest BCUT2D eigenvalue weighted by Crippen LogP contribution is -2.38. The van der Waals surface area contributed by atoms with Gasteiger partial charge in [0.2, 0.25) is 10.0 Å². The fourth-order valence-electron chi connectivity index (χ4n) is 2.06. The van der Waals surface area contributed by atoms with Crippen molar-refractivity contribution in [2.45, 2.75) is 47.0 Å². The van der Waals surface area contributed by atoms with Gasteiger partial charge in [-0.1, -0.05) is 27.7 Å². The molecule has 0 aromatic carbocycles. The van der Waals surface area contributed by atoms with Gasteiger partial charge in [-0.2, -0.15) is 0 Å². The van der Waals surface area contributed by atoms with Crippen LogP contribution < -0.4 is 10.0 Å². The van der Waals surface area contributed by atoms with Crippen molar-refractivity contribution in [2.24, 2.45) is 17.3 Å². The van der Waals surface area contributed by atoms with Gasteiger partial charge in [-0.05, 0) is 49.6 Å². The molecule has 0 saturated carbocycles. The van der Waals surface area contributed by atoms with Crippen LogP contribution in [-0.2, 0) is 10.0 Å². The number of sulfonamides is 1. The summed E-state index contributed by atoms with van der Waals surface area (Å²) in [6.45, 7) is 11.0. The maximum Gasteiger partial charge on any atom is 0.211 e. The molecular formula is C14H30N2O2S. The van der Waals surface area contributed by atoms with Crippen LogP contribution >= 0.6 is 0 Å². The molecule has 1 aliphatic rings. The highest BCUT2D eigenvalue weighted by Gasteiger charge is 2.25. The van der Waals surface area contributed by atoms with Gasteiger partial charge in [-0.15, -0.1) is 0 Å². The molecule has 0 aromatic rings. The highest BCUT2D eigenvalue weighted by atomic mass is 32.2. The van der Waals surface area contributed by atoms with Crippen molar-refractivity contribution in [3.05, 3.63) is 0 Å². The Hall–Kier alpha value is -0.130. The van der Waals surface area contributed by atoms with Gasteiger partial charge in [0.15, 0.2) is 0 Å². The van der Waals surface area contributed by atoms with E-state index in [0.717, 1.165) is 32.4 Å². The molecule has 19 heavy (non-hydrogen) atoms. The molecule has 2 N–H and O–H groups in total. The quantitative estimate of drug-likeness (QED) is 0.754. The summed E-state index contributed by atoms with van der Waals surface area (Å²) < 4.78 is 26.8. The van der Waals surface area contributed by atoms with Crippen molar-refractivity contribution in [3.63, 3.8) is 0 Å². The summed E-state index contributed by atoms with van der Waals surface area (Å²) in [5.41, 5.74) is 0.00181. The van der Waals surface area contributed by atoms with Crippen LogP contribution in [0.5, 0.6) is 0 Å². The molecule has 0 aliphatic carbocycles. The normalized spacial score (nSPS) is 19.0. The smallest absolute Gasteiger partial charge is 0.211 e. The average Bonchev–Trinajstić information content (AvgIpc) is 2.36. The number of hydrogen-bond acceptors (Lipinski definition) is 3. The zero-order valence-electron chi connectivity index (χ0n) is 12.8. The van der Waals surface area contributed by atoms with Gasteiger partial charge < -0.3 is 5.32 Å². The van der Waals surface area contributed by atoms with Crippen LogP contribution in [0, 0.1) is 17.3 Å². The van der Waals surface area contributed by atoms with Gasteiger partial charge >= 0.3 is 0 Å². The number of nitrogens with one attached hydrogen (secondary N) is 2. The number of rotatable bonds is 7. The lowest BCUT2D eigenvalue weighted by molar-refractivity contribution is 0.252. The Labute approximate surface area is 118 Å². The molecule has 0 aromatic heterocycles. The predicted octanol–water partition coefficient (Wildman–Crippen LogP) is 1.98. The van der Waals surface area contributed by atoms with Crippen LogP contribution in [-0.4, -0.2) is 33.8 Å². The largest absolute Gasteiger partial charge is 0.317 e. The molecule has 114 valence electrons. The molecule has 1 aliphatic heterocycles. The van der Waals surface area contributed by atoms with E-state index in [1.54, 1.807) is 0 Å². The summed E-state index contributed by atoms with van der Waals surface area (Å²) in [4.78, 5) is 0. The van der Waals surface area contributed by atoms with Gasteiger partial charge in [0.25, 0.3) is 0 Å². The summed E-state index contributed by atoms with van der Waals surface area (Å²) in [7, 11) is -3.12. The molecule has 5 heteroatoms. The molecule has 0 radical (unpaired) electrons. The Morgan fingerprint density at radius 1 is 1.26 bits per heavy atom. The Morgan fingerprint density at radius 2 is 1.84 bits per heavy atom. The first-order valence-corrected chi connectivity index (χ1v) is 9.06. The Balaban J connectivity index is 2.35. The first kappa shape index (κ1) is 16.9. The number of hydrogen-bond donors (Lipinski definition) is 2. The second-order valence-electron chi connectivity index (χ2n) is 6.77. The van der Waals surface area contributed by atoms with E-state index in [1.807, 2.05) is 0 Å². The third kappa shape index (κ3) is 6.23. The highest BCUT2D eigenvalue weighted by Crippen LogP contribution is 2.25. The summed E-state index contributed by atoms with van der Waals surface area (Å²) in [6.07, 6.45) is 3.00. The lowest BCUT2D eigenvalue weighted by Gasteiger charge is -2.29. The fraction of sp³-hybridized carbons (Fsp3) is 1.00. The third-order valence-corrected chi connectivity index (χ3v) is 5.92. The molecule has 4 nitrogen and oxygen atoms in total. The van der Waals surface area contributed by atoms with Gasteiger partial charge in [-0.3, -0.25) is 0 Å². The van der Waals surface area contributed by atoms with E-state index in [9.17, 15) is 8.42 Å². The molecule has 1 fully saturated rings. The van der Waals surface area contributed by atoms with Crippen LogP contribution in [0.3, 0.4) is 0 Å². The van der Waals surface area contributed by atoms with E-state index >= 15 is 0 Å². The van der Waals surface area contributed by atoms with E-state index in [4.69, 9.17) is 0 Å². The molecule has 1 rings (SSSR count). The van der Waals surface area contributed by atoms with Gasteiger partial charge in [0.05, 0.1) is 5.75 Å². The monoisotopic (exact) mass is 290 g/mol. The second kappa shape index (κ2) is 7.04. The van der Waals surface area contributed by atoms with Crippen LogP contribution in [0.15, 0.2) is 0 Å². The number of piperidine rings is 1. The third-order valence-electron chi connectivity index (χ3n) is 4.56. The maximum atomic E-state index is 12.0. The summed E-state index contributed by atoms with van der Waals surface area (Å²) in [5.74, 6) is 1.29. The topological polar surface area (TPSA) is 58.2 Å². The van der Waals surface area contributed by atoms with Crippen molar-refractivity contribution in [1.82, 2.24) is 10.0 Å². The minimum Gasteiger partial charge on any atom is -0.317 e. The molecule has 1 saturated heterocycles. The van der Waals surface area contributed by atoms with Crippen LogP contribution in [0.4, 0.5) is 0 Å². The first-order valence-electron chi connectivity index (χ1n) is 7.41. The Morgan fingerprint density at radius 3 is 2.37 bits per heavy atom. The van der Waals surface area contributed by atoms with Crippen molar-refractivity contribution in [3.8, 4) is 0 Å².